The van der Waals surface area contributed by atoms with Gasteiger partial charge in [-0.15, -0.1) is 0 Å². The maximum Gasteiger partial charge on any atom is 0.178 e. The Hall–Kier alpha value is -3.21. The summed E-state index contributed by atoms with van der Waals surface area (Å²) in [6.07, 6.45) is 1.61. The van der Waals surface area contributed by atoms with Crippen LogP contribution in [0.1, 0.15) is 8.35 Å². The van der Waals surface area contributed by atoms with Crippen LogP contribution < -0.4 is 9.47 Å². The Morgan fingerprint density at radius 1 is 1.20 bits per heavy atom. The highest BCUT2D eigenvalue weighted by atomic mass is 16.5. The van der Waals surface area contributed by atoms with Crippen LogP contribution in [0.4, 0.5) is 0 Å². The van der Waals surface area contributed by atoms with Crippen molar-refractivity contribution in [3.8, 4) is 39.7 Å². The first-order chi connectivity index (χ1) is 12.1. The molecule has 0 amide bonds. The topological polar surface area (TPSA) is 64.7 Å². The van der Waals surface area contributed by atoms with Crippen molar-refractivity contribution in [3.05, 3.63) is 60.8 Å². The van der Waals surface area contributed by atoms with Crippen molar-refractivity contribution in [1.29, 1.82) is 0 Å². The first-order valence-electron chi connectivity index (χ1n) is 7.78. The Morgan fingerprint density at radius 3 is 2.72 bits per heavy atom. The number of nitrogens with zero attached hydrogens (tertiary/aromatic N) is 1. The number of rotatable bonds is 6. The van der Waals surface area contributed by atoms with Crippen LogP contribution in [-0.4, -0.2) is 24.0 Å². The van der Waals surface area contributed by atoms with E-state index in [0.29, 0.717) is 29.4 Å². The summed E-state index contributed by atoms with van der Waals surface area (Å²) in [5.41, 5.74) is 3.00. The number of ether oxygens (including phenoxy) is 2. The Labute approximate surface area is 147 Å². The summed E-state index contributed by atoms with van der Waals surface area (Å²) in [6, 6.07) is 12.6. The van der Waals surface area contributed by atoms with E-state index in [-0.39, 0.29) is 7.18 Å². The van der Waals surface area contributed by atoms with E-state index in [0.717, 1.165) is 16.7 Å². The molecule has 1 N–H and O–H groups in total. The fourth-order valence-electron chi connectivity index (χ4n) is 2.49. The van der Waals surface area contributed by atoms with Crippen LogP contribution in [0.15, 0.2) is 65.3 Å². The van der Waals surface area contributed by atoms with Crippen LogP contribution in [0, 0.1) is 0 Å². The Morgan fingerprint density at radius 2 is 2.00 bits per heavy atom. The van der Waals surface area contributed by atoms with E-state index in [1.807, 2.05) is 31.2 Å². The van der Waals surface area contributed by atoms with Gasteiger partial charge in [-0.3, -0.25) is 0 Å². The minimum atomic E-state index is 0. The van der Waals surface area contributed by atoms with E-state index in [9.17, 15) is 5.11 Å². The van der Waals surface area contributed by atoms with Gasteiger partial charge in [0.05, 0.1) is 24.4 Å². The third-order valence-electron chi connectivity index (χ3n) is 3.67. The van der Waals surface area contributed by atoms with E-state index in [1.54, 1.807) is 31.5 Å². The molecule has 0 saturated heterocycles. The molecule has 1 heterocycles. The number of phenolic OH excluding ortho intramolecular Hbond substituents is 1. The predicted octanol–water partition coefficient (Wildman–Crippen LogP) is 4.92. The van der Waals surface area contributed by atoms with Crippen LogP contribution >= 0.6 is 0 Å². The molecule has 0 atom stereocenters. The zero-order valence-corrected chi connectivity index (χ0v) is 14.2. The summed E-state index contributed by atoms with van der Waals surface area (Å²) in [7, 11) is 1.61. The third-order valence-corrected chi connectivity index (χ3v) is 3.67. The summed E-state index contributed by atoms with van der Waals surface area (Å²) >= 11 is 0. The molecule has 0 aliphatic carbocycles. The summed E-state index contributed by atoms with van der Waals surface area (Å²) in [4.78, 5) is 0. The van der Waals surface area contributed by atoms with Crippen LogP contribution in [-0.2, 0) is 0 Å². The van der Waals surface area contributed by atoms with Crippen molar-refractivity contribution in [3.63, 3.8) is 0 Å². The van der Waals surface area contributed by atoms with Gasteiger partial charge in [0.1, 0.15) is 23.9 Å². The highest BCUT2D eigenvalue weighted by Crippen LogP contribution is 2.41. The number of aromatic hydroxyl groups is 1. The molecule has 0 saturated carbocycles. The molecule has 0 fully saturated rings. The summed E-state index contributed by atoms with van der Waals surface area (Å²) in [5, 5.41) is 14.3. The number of phenols is 1. The zero-order valence-electron chi connectivity index (χ0n) is 14.2. The lowest BCUT2D eigenvalue weighted by Crippen LogP contribution is -1.97. The van der Waals surface area contributed by atoms with Gasteiger partial charge < -0.3 is 19.1 Å². The van der Waals surface area contributed by atoms with Gasteiger partial charge in [-0.2, -0.15) is 0 Å². The van der Waals surface area contributed by atoms with Crippen LogP contribution in [0.2, 0.25) is 0 Å². The van der Waals surface area contributed by atoms with Crippen LogP contribution in [0.5, 0.6) is 17.2 Å². The van der Waals surface area contributed by atoms with Gasteiger partial charge in [-0.05, 0) is 30.7 Å². The highest BCUT2D eigenvalue weighted by Gasteiger charge is 2.19. The molecule has 0 unspecified atom stereocenters. The van der Waals surface area contributed by atoms with Crippen molar-refractivity contribution in [2.75, 3.05) is 13.7 Å². The fourth-order valence-corrected chi connectivity index (χ4v) is 2.49. The number of aromatic nitrogens is 1. The summed E-state index contributed by atoms with van der Waals surface area (Å²) in [5.74, 6) is 1.77. The molecule has 2 aromatic carbocycles. The molecular weight excluding hydrogens is 318 g/mol. The van der Waals surface area contributed by atoms with Crippen molar-refractivity contribution in [1.82, 2.24) is 5.16 Å². The predicted molar refractivity (Wildman–Crippen MR) is 98.0 cm³/mol. The quantitative estimate of drug-likeness (QED) is 0.646. The standard InChI is InChI=1S/C20H19NO4.H2/c1-13(2)12-24-14-8-9-16(18(22)10-14)20-17(11-21-25-20)15-6-4-5-7-19(15)23-3;/h4-11,22H,1,12H2,2-3H3;1H. The first-order valence-corrected chi connectivity index (χ1v) is 7.78. The van der Waals surface area contributed by atoms with E-state index >= 15 is 0 Å². The lowest BCUT2D eigenvalue weighted by Gasteiger charge is -2.10. The van der Waals surface area contributed by atoms with Gasteiger partial charge >= 0.3 is 0 Å². The first kappa shape index (κ1) is 16.6. The molecule has 3 aromatic rings. The normalized spacial score (nSPS) is 10.5. The second-order valence-electron chi connectivity index (χ2n) is 5.69. The van der Waals surface area contributed by atoms with Crippen molar-refractivity contribution >= 4 is 0 Å². The summed E-state index contributed by atoms with van der Waals surface area (Å²) < 4.78 is 16.4. The number of hydrogen-bond acceptors (Lipinski definition) is 5. The van der Waals surface area contributed by atoms with Gasteiger partial charge in [0.25, 0.3) is 0 Å². The molecule has 0 radical (unpaired) electrons. The van der Waals surface area contributed by atoms with Crippen molar-refractivity contribution in [2.45, 2.75) is 6.92 Å². The van der Waals surface area contributed by atoms with E-state index < -0.39 is 0 Å². The average Bonchev–Trinajstić information content (AvgIpc) is 3.09. The van der Waals surface area contributed by atoms with E-state index in [1.165, 1.54) is 0 Å². The maximum absolute atomic E-state index is 10.4. The highest BCUT2D eigenvalue weighted by molar-refractivity contribution is 5.84. The van der Waals surface area contributed by atoms with Gasteiger partial charge in [0.15, 0.2) is 5.76 Å². The third kappa shape index (κ3) is 3.50. The van der Waals surface area contributed by atoms with Crippen LogP contribution in [0.25, 0.3) is 22.5 Å². The molecule has 3 rings (SSSR count). The van der Waals surface area contributed by atoms with Gasteiger partial charge in [0, 0.05) is 13.1 Å². The molecule has 0 spiro atoms. The molecule has 0 aliphatic rings. The Balaban J connectivity index is 0.00000243. The van der Waals surface area contributed by atoms with Gasteiger partial charge in [-0.1, -0.05) is 29.9 Å². The number of benzene rings is 2. The van der Waals surface area contributed by atoms with E-state index in [4.69, 9.17) is 14.0 Å². The van der Waals surface area contributed by atoms with Gasteiger partial charge in [0.2, 0.25) is 0 Å². The van der Waals surface area contributed by atoms with Crippen molar-refractivity contribution in [2.24, 2.45) is 0 Å². The Kier molecular flexibility index (Phi) is 4.75. The maximum atomic E-state index is 10.4. The zero-order chi connectivity index (χ0) is 17.8. The molecule has 25 heavy (non-hydrogen) atoms. The van der Waals surface area contributed by atoms with Crippen LogP contribution in [0.3, 0.4) is 0 Å². The van der Waals surface area contributed by atoms with E-state index in [2.05, 4.69) is 11.7 Å². The molecular formula is C20H21NO4. The average molecular weight is 339 g/mol. The molecule has 0 bridgehead atoms. The monoisotopic (exact) mass is 339 g/mol. The van der Waals surface area contributed by atoms with Crippen molar-refractivity contribution < 1.29 is 20.5 Å². The molecule has 5 nitrogen and oxygen atoms in total. The number of para-hydroxylation sites is 1. The largest absolute Gasteiger partial charge is 0.507 e. The summed E-state index contributed by atoms with van der Waals surface area (Å²) in [6.45, 7) is 6.06. The second kappa shape index (κ2) is 7.13. The molecule has 0 aliphatic heterocycles. The van der Waals surface area contributed by atoms with Gasteiger partial charge in [-0.25, -0.2) is 0 Å². The second-order valence-corrected chi connectivity index (χ2v) is 5.69. The lowest BCUT2D eigenvalue weighted by atomic mass is 10.0. The Bertz CT molecular complexity index is 904. The molecule has 1 aromatic heterocycles. The SMILES string of the molecule is C=C(C)COc1ccc(-c2oncc2-c2ccccc2OC)c(O)c1.[HH]. The fraction of sp³-hybridized carbons (Fsp3) is 0.150. The number of methoxy groups -OCH3 is 1. The molecule has 130 valence electrons. The number of hydrogen-bond donors (Lipinski definition) is 1. The smallest absolute Gasteiger partial charge is 0.178 e. The minimum Gasteiger partial charge on any atom is -0.507 e. The lowest BCUT2D eigenvalue weighted by molar-refractivity contribution is 0.349. The molecule has 5 heteroatoms. The minimum absolute atomic E-state index is 0.